The van der Waals surface area contributed by atoms with Crippen LogP contribution in [0, 0.1) is 5.92 Å². The molecular formula is C23H32N4O2. The molecule has 29 heavy (non-hydrogen) atoms. The summed E-state index contributed by atoms with van der Waals surface area (Å²) in [5.41, 5.74) is 3.47. The Morgan fingerprint density at radius 1 is 1.24 bits per heavy atom. The molecule has 2 heterocycles. The van der Waals surface area contributed by atoms with Gasteiger partial charge in [0.25, 0.3) is 5.91 Å². The van der Waals surface area contributed by atoms with Crippen LogP contribution in [-0.2, 0) is 16.7 Å². The van der Waals surface area contributed by atoms with Crippen molar-refractivity contribution in [2.24, 2.45) is 11.1 Å². The zero-order valence-electron chi connectivity index (χ0n) is 18.3. The summed E-state index contributed by atoms with van der Waals surface area (Å²) in [4.78, 5) is 18.5. The maximum atomic E-state index is 12.9. The molecule has 1 N–H and O–H groups in total. The van der Waals surface area contributed by atoms with Gasteiger partial charge in [-0.25, -0.2) is 0 Å². The fraction of sp³-hybridized carbons (Fsp3) is 0.522. The van der Waals surface area contributed by atoms with Crippen LogP contribution in [0.4, 0.5) is 0 Å². The third-order valence-electron chi connectivity index (χ3n) is 5.32. The van der Waals surface area contributed by atoms with Crippen molar-refractivity contribution in [2.75, 3.05) is 6.54 Å². The van der Waals surface area contributed by atoms with Crippen molar-refractivity contribution < 1.29 is 9.63 Å². The first-order chi connectivity index (χ1) is 13.7. The monoisotopic (exact) mass is 396 g/mol. The van der Waals surface area contributed by atoms with Gasteiger partial charge in [-0.1, -0.05) is 63.2 Å². The summed E-state index contributed by atoms with van der Waals surface area (Å²) in [5, 5.41) is 11.9. The Labute approximate surface area is 173 Å². The number of nitrogens with zero attached hydrogens (tertiary/aromatic N) is 3. The quantitative estimate of drug-likeness (QED) is 0.798. The molecule has 6 nitrogen and oxygen atoms in total. The summed E-state index contributed by atoms with van der Waals surface area (Å²) in [5.74, 6) is 0.0127. The van der Waals surface area contributed by atoms with Crippen molar-refractivity contribution >= 4 is 11.6 Å². The molecule has 0 spiro atoms. The lowest BCUT2D eigenvalue weighted by atomic mass is 9.92. The molecule has 2 unspecified atom stereocenters. The highest BCUT2D eigenvalue weighted by Crippen LogP contribution is 2.24. The molecule has 0 radical (unpaired) electrons. The molecule has 2 aromatic rings. The summed E-state index contributed by atoms with van der Waals surface area (Å²) >= 11 is 0. The number of aromatic nitrogens is 2. The molecule has 1 aromatic carbocycles. The molecule has 2 atom stereocenters. The fourth-order valence-electron chi connectivity index (χ4n) is 3.36. The Bertz CT molecular complexity index is 878. The largest absolute Gasteiger partial charge is 0.391 e. The number of oxime groups is 1. The first kappa shape index (κ1) is 21.1. The van der Waals surface area contributed by atoms with Gasteiger partial charge in [-0.05, 0) is 25.5 Å². The van der Waals surface area contributed by atoms with E-state index in [4.69, 9.17) is 4.84 Å². The molecule has 156 valence electrons. The van der Waals surface area contributed by atoms with E-state index in [1.165, 1.54) is 5.56 Å². The minimum absolute atomic E-state index is 0.00186. The third-order valence-corrected chi connectivity index (χ3v) is 5.32. The van der Waals surface area contributed by atoms with Crippen LogP contribution in [0.25, 0.3) is 0 Å². The number of benzene rings is 1. The first-order valence-electron chi connectivity index (χ1n) is 10.3. The summed E-state index contributed by atoms with van der Waals surface area (Å²) in [6, 6.07) is 12.2. The van der Waals surface area contributed by atoms with E-state index in [-0.39, 0.29) is 29.4 Å². The zero-order valence-corrected chi connectivity index (χ0v) is 18.3. The van der Waals surface area contributed by atoms with Gasteiger partial charge in [0.1, 0.15) is 11.8 Å². The number of amides is 1. The molecule has 1 amide bonds. The number of hydrogen-bond donors (Lipinski definition) is 1. The normalized spacial score (nSPS) is 19.2. The second-order valence-electron chi connectivity index (χ2n) is 9.09. The van der Waals surface area contributed by atoms with E-state index in [0.29, 0.717) is 12.2 Å². The van der Waals surface area contributed by atoms with Crippen LogP contribution >= 0.6 is 0 Å². The minimum Gasteiger partial charge on any atom is -0.391 e. The summed E-state index contributed by atoms with van der Waals surface area (Å²) in [6.07, 6.45) is 0.802. The van der Waals surface area contributed by atoms with E-state index < -0.39 is 0 Å². The van der Waals surface area contributed by atoms with Gasteiger partial charge in [0.15, 0.2) is 0 Å². The molecule has 1 aliphatic heterocycles. The van der Waals surface area contributed by atoms with E-state index in [1.54, 1.807) is 4.68 Å². The Hall–Kier alpha value is -2.63. The highest BCUT2D eigenvalue weighted by Gasteiger charge is 2.31. The van der Waals surface area contributed by atoms with Crippen molar-refractivity contribution in [2.45, 2.75) is 65.5 Å². The van der Waals surface area contributed by atoms with Crippen molar-refractivity contribution in [3.8, 4) is 0 Å². The van der Waals surface area contributed by atoms with Crippen molar-refractivity contribution in [1.82, 2.24) is 15.1 Å². The number of carbonyl (C=O) groups is 1. The first-order valence-corrected chi connectivity index (χ1v) is 10.3. The zero-order chi connectivity index (χ0) is 21.2. The molecule has 0 saturated carbocycles. The van der Waals surface area contributed by atoms with Gasteiger partial charge < -0.3 is 10.2 Å². The highest BCUT2D eigenvalue weighted by atomic mass is 16.6. The molecule has 6 heteroatoms. The van der Waals surface area contributed by atoms with Crippen LogP contribution in [0.5, 0.6) is 0 Å². The molecular weight excluding hydrogens is 364 g/mol. The van der Waals surface area contributed by atoms with Gasteiger partial charge in [0.2, 0.25) is 0 Å². The second kappa shape index (κ2) is 8.39. The smallest absolute Gasteiger partial charge is 0.269 e. The maximum Gasteiger partial charge on any atom is 0.269 e. The molecule has 3 rings (SSSR count). The summed E-state index contributed by atoms with van der Waals surface area (Å²) in [7, 11) is 0. The van der Waals surface area contributed by atoms with Gasteiger partial charge >= 0.3 is 0 Å². The number of hydrogen-bond acceptors (Lipinski definition) is 4. The summed E-state index contributed by atoms with van der Waals surface area (Å²) in [6.45, 7) is 12.8. The Balaban J connectivity index is 1.63. The maximum absolute atomic E-state index is 12.9. The van der Waals surface area contributed by atoms with E-state index in [1.807, 2.05) is 38.1 Å². The topological polar surface area (TPSA) is 68.5 Å². The Morgan fingerprint density at radius 3 is 2.55 bits per heavy atom. The number of carbonyl (C=O) groups excluding carboxylic acids is 1. The SMILES string of the molecule is CC1C(CNC(=O)c2cc(C(C)(C)C)nn2C(C)C)=NOC1Cc1ccccc1. The highest BCUT2D eigenvalue weighted by molar-refractivity contribution is 5.97. The number of nitrogens with one attached hydrogen (secondary N) is 1. The standard InChI is InChI=1S/C23H32N4O2/c1-15(2)27-19(13-21(25-27)23(4,5)6)22(28)24-14-18-16(3)20(29-26-18)12-17-10-8-7-9-11-17/h7-11,13,15-16,20H,12,14H2,1-6H3,(H,24,28). The Morgan fingerprint density at radius 2 is 1.93 bits per heavy atom. The predicted octanol–water partition coefficient (Wildman–Crippen LogP) is 4.12. The van der Waals surface area contributed by atoms with Crippen LogP contribution < -0.4 is 5.32 Å². The molecule has 1 aromatic heterocycles. The molecule has 0 aliphatic carbocycles. The number of rotatable bonds is 6. The van der Waals surface area contributed by atoms with Gasteiger partial charge in [0, 0.05) is 23.8 Å². The van der Waals surface area contributed by atoms with Crippen LogP contribution in [-0.4, -0.2) is 34.0 Å². The van der Waals surface area contributed by atoms with Crippen LogP contribution in [0.15, 0.2) is 41.6 Å². The van der Waals surface area contributed by atoms with E-state index in [0.717, 1.165) is 17.8 Å². The van der Waals surface area contributed by atoms with Gasteiger partial charge in [-0.15, -0.1) is 0 Å². The average molecular weight is 397 g/mol. The van der Waals surface area contributed by atoms with Crippen molar-refractivity contribution in [3.63, 3.8) is 0 Å². The molecule has 0 bridgehead atoms. The summed E-state index contributed by atoms with van der Waals surface area (Å²) < 4.78 is 1.80. The van der Waals surface area contributed by atoms with E-state index >= 15 is 0 Å². The lowest BCUT2D eigenvalue weighted by Gasteiger charge is -2.15. The molecule has 0 saturated heterocycles. The molecule has 0 fully saturated rings. The van der Waals surface area contributed by atoms with Gasteiger partial charge in [-0.2, -0.15) is 5.10 Å². The van der Waals surface area contributed by atoms with Crippen LogP contribution in [0.1, 0.15) is 69.3 Å². The van der Waals surface area contributed by atoms with Gasteiger partial charge in [0.05, 0.1) is 18.0 Å². The van der Waals surface area contributed by atoms with Gasteiger partial charge in [-0.3, -0.25) is 9.48 Å². The van der Waals surface area contributed by atoms with Crippen molar-refractivity contribution in [1.29, 1.82) is 0 Å². The Kier molecular flexibility index (Phi) is 6.10. The van der Waals surface area contributed by atoms with E-state index in [9.17, 15) is 4.79 Å². The van der Waals surface area contributed by atoms with Crippen molar-refractivity contribution in [3.05, 3.63) is 53.3 Å². The van der Waals surface area contributed by atoms with Crippen LogP contribution in [0.2, 0.25) is 0 Å². The minimum atomic E-state index is -0.136. The third kappa shape index (κ3) is 4.86. The lowest BCUT2D eigenvalue weighted by Crippen LogP contribution is -2.35. The average Bonchev–Trinajstić information content (AvgIpc) is 3.26. The predicted molar refractivity (Wildman–Crippen MR) is 115 cm³/mol. The molecule has 1 aliphatic rings. The van der Waals surface area contributed by atoms with E-state index in [2.05, 4.69) is 55.4 Å². The fourth-order valence-corrected chi connectivity index (χ4v) is 3.36. The lowest BCUT2D eigenvalue weighted by molar-refractivity contribution is 0.0660. The second-order valence-corrected chi connectivity index (χ2v) is 9.09. The van der Waals surface area contributed by atoms with Crippen LogP contribution in [0.3, 0.4) is 0 Å².